The highest BCUT2D eigenvalue weighted by Crippen LogP contribution is 2.36. The molecule has 0 atom stereocenters. The highest BCUT2D eigenvalue weighted by molar-refractivity contribution is 5.76. The zero-order valence-electron chi connectivity index (χ0n) is 13.4. The Morgan fingerprint density at radius 2 is 1.83 bits per heavy atom. The Bertz CT molecular complexity index is 745. The van der Waals surface area contributed by atoms with Gasteiger partial charge < -0.3 is 19.1 Å². The molecule has 1 amide bonds. The zero-order valence-corrected chi connectivity index (χ0v) is 13.4. The second-order valence-corrected chi connectivity index (χ2v) is 5.95. The average Bonchev–Trinajstić information content (AvgIpc) is 3.07. The molecule has 2 heterocycles. The number of rotatable bonds is 4. The minimum absolute atomic E-state index is 0.120. The van der Waals surface area contributed by atoms with Crippen LogP contribution in [-0.4, -0.2) is 30.8 Å². The summed E-state index contributed by atoms with van der Waals surface area (Å²) in [5, 5.41) is 0. The third-order valence-electron chi connectivity index (χ3n) is 4.39. The van der Waals surface area contributed by atoms with Gasteiger partial charge in [-0.3, -0.25) is 4.79 Å². The van der Waals surface area contributed by atoms with Crippen LogP contribution in [0.3, 0.4) is 0 Å². The first kappa shape index (κ1) is 14.9. The second-order valence-electron chi connectivity index (χ2n) is 5.95. The first-order chi connectivity index (χ1) is 11.8. The number of benzene rings is 2. The van der Waals surface area contributed by atoms with E-state index in [0.717, 1.165) is 35.8 Å². The number of fused-ring (bicyclic) bond motifs is 2. The molecule has 0 radical (unpaired) electrons. The smallest absolute Gasteiger partial charge is 0.231 e. The summed E-state index contributed by atoms with van der Waals surface area (Å²) in [4.78, 5) is 14.3. The second kappa shape index (κ2) is 6.43. The van der Waals surface area contributed by atoms with Crippen LogP contribution < -0.4 is 14.2 Å². The predicted molar refractivity (Wildman–Crippen MR) is 88.2 cm³/mol. The van der Waals surface area contributed by atoms with E-state index >= 15 is 0 Å². The van der Waals surface area contributed by atoms with E-state index in [1.165, 1.54) is 5.56 Å². The fraction of sp³-hybridized carbons (Fsp3) is 0.316. The van der Waals surface area contributed by atoms with E-state index in [9.17, 15) is 4.79 Å². The summed E-state index contributed by atoms with van der Waals surface area (Å²) in [5.41, 5.74) is 2.38. The zero-order chi connectivity index (χ0) is 16.4. The van der Waals surface area contributed by atoms with Gasteiger partial charge in [0.25, 0.3) is 0 Å². The molecule has 124 valence electrons. The Kier molecular flexibility index (Phi) is 3.99. The van der Waals surface area contributed by atoms with Crippen molar-refractivity contribution in [3.63, 3.8) is 0 Å². The third-order valence-corrected chi connectivity index (χ3v) is 4.39. The summed E-state index contributed by atoms with van der Waals surface area (Å²) in [5.74, 6) is 2.50. The van der Waals surface area contributed by atoms with Crippen LogP contribution in [0, 0.1) is 0 Å². The van der Waals surface area contributed by atoms with Gasteiger partial charge in [-0.1, -0.05) is 18.2 Å². The maximum atomic E-state index is 12.4. The van der Waals surface area contributed by atoms with E-state index in [1.807, 2.05) is 47.4 Å². The number of hydrogen-bond donors (Lipinski definition) is 0. The molecular weight excluding hydrogens is 306 g/mol. The minimum Gasteiger partial charge on any atom is -0.493 e. The molecule has 0 saturated carbocycles. The van der Waals surface area contributed by atoms with Gasteiger partial charge in [0.2, 0.25) is 12.7 Å². The average molecular weight is 325 g/mol. The molecule has 2 aliphatic heterocycles. The van der Waals surface area contributed by atoms with E-state index < -0.39 is 0 Å². The van der Waals surface area contributed by atoms with Crippen molar-refractivity contribution in [1.82, 2.24) is 4.90 Å². The van der Waals surface area contributed by atoms with Crippen LogP contribution in [0.5, 0.6) is 17.2 Å². The Hall–Kier alpha value is -2.69. The Morgan fingerprint density at radius 1 is 1.08 bits per heavy atom. The Labute approximate surface area is 140 Å². The molecule has 0 spiro atoms. The maximum Gasteiger partial charge on any atom is 0.231 e. The fourth-order valence-corrected chi connectivity index (χ4v) is 3.09. The summed E-state index contributed by atoms with van der Waals surface area (Å²) in [6.45, 7) is 2.03. The number of para-hydroxylation sites is 1. The van der Waals surface area contributed by atoms with Gasteiger partial charge in [0.1, 0.15) is 5.75 Å². The van der Waals surface area contributed by atoms with Gasteiger partial charge in [-0.25, -0.2) is 0 Å². The molecule has 0 aromatic heterocycles. The molecule has 0 aliphatic carbocycles. The molecule has 0 unspecified atom stereocenters. The van der Waals surface area contributed by atoms with Crippen LogP contribution >= 0.6 is 0 Å². The van der Waals surface area contributed by atoms with Crippen molar-refractivity contribution < 1.29 is 19.0 Å². The van der Waals surface area contributed by atoms with Gasteiger partial charge in [-0.05, 0) is 41.8 Å². The molecule has 0 N–H and O–H groups in total. The third kappa shape index (κ3) is 3.02. The van der Waals surface area contributed by atoms with Gasteiger partial charge in [0.15, 0.2) is 11.5 Å². The van der Waals surface area contributed by atoms with E-state index in [4.69, 9.17) is 14.2 Å². The molecule has 2 aromatic carbocycles. The van der Waals surface area contributed by atoms with Crippen LogP contribution in [0.15, 0.2) is 42.5 Å². The summed E-state index contributed by atoms with van der Waals surface area (Å²) < 4.78 is 16.5. The first-order valence-electron chi connectivity index (χ1n) is 8.16. The molecule has 5 heteroatoms. The summed E-state index contributed by atoms with van der Waals surface area (Å²) in [6.07, 6.45) is 1.23. The molecule has 2 aliphatic rings. The number of nitrogens with zero attached hydrogens (tertiary/aromatic N) is 1. The molecular formula is C19H19NO4. The van der Waals surface area contributed by atoms with E-state index in [0.29, 0.717) is 19.6 Å². The molecule has 4 rings (SSSR count). The topological polar surface area (TPSA) is 48.0 Å². The van der Waals surface area contributed by atoms with Crippen LogP contribution in [0.2, 0.25) is 0 Å². The summed E-state index contributed by atoms with van der Waals surface area (Å²) in [7, 11) is 0. The van der Waals surface area contributed by atoms with E-state index in [2.05, 4.69) is 0 Å². The van der Waals surface area contributed by atoms with Gasteiger partial charge in [-0.2, -0.15) is 0 Å². The van der Waals surface area contributed by atoms with Gasteiger partial charge in [-0.15, -0.1) is 0 Å². The first-order valence-corrected chi connectivity index (χ1v) is 8.16. The van der Waals surface area contributed by atoms with E-state index in [-0.39, 0.29) is 12.7 Å². The highest BCUT2D eigenvalue weighted by atomic mass is 16.7. The van der Waals surface area contributed by atoms with Crippen molar-refractivity contribution in [2.45, 2.75) is 19.4 Å². The SMILES string of the molecule is O=C(CCOc1ccccc1)N1CCc2cc3c(cc2C1)OCO3. The van der Waals surface area contributed by atoms with Crippen molar-refractivity contribution in [2.75, 3.05) is 19.9 Å². The quantitative estimate of drug-likeness (QED) is 0.867. The van der Waals surface area contributed by atoms with Gasteiger partial charge in [0.05, 0.1) is 13.0 Å². The van der Waals surface area contributed by atoms with Crippen LogP contribution in [0.25, 0.3) is 0 Å². The number of amides is 1. The molecule has 5 nitrogen and oxygen atoms in total. The molecule has 0 bridgehead atoms. The lowest BCUT2D eigenvalue weighted by Crippen LogP contribution is -2.36. The predicted octanol–water partition coefficient (Wildman–Crippen LogP) is 2.77. The molecule has 2 aromatic rings. The van der Waals surface area contributed by atoms with Crippen molar-refractivity contribution in [1.29, 1.82) is 0 Å². The Balaban J connectivity index is 1.35. The molecule has 0 saturated heterocycles. The van der Waals surface area contributed by atoms with Crippen molar-refractivity contribution in [2.24, 2.45) is 0 Å². The van der Waals surface area contributed by atoms with Crippen LogP contribution in [0.4, 0.5) is 0 Å². The van der Waals surface area contributed by atoms with Crippen molar-refractivity contribution >= 4 is 5.91 Å². The number of ether oxygens (including phenoxy) is 3. The summed E-state index contributed by atoms with van der Waals surface area (Å²) in [6, 6.07) is 13.6. The van der Waals surface area contributed by atoms with Gasteiger partial charge >= 0.3 is 0 Å². The van der Waals surface area contributed by atoms with Crippen LogP contribution in [0.1, 0.15) is 17.5 Å². The number of hydrogen-bond acceptors (Lipinski definition) is 4. The lowest BCUT2D eigenvalue weighted by Gasteiger charge is -2.29. The normalized spacial score (nSPS) is 15.1. The van der Waals surface area contributed by atoms with Crippen molar-refractivity contribution in [3.05, 3.63) is 53.6 Å². The Morgan fingerprint density at radius 3 is 2.62 bits per heavy atom. The van der Waals surface area contributed by atoms with Gasteiger partial charge in [0, 0.05) is 13.1 Å². The standard InChI is InChI=1S/C19H19NO4/c21-19(7-9-22-16-4-2-1-3-5-16)20-8-6-14-10-17-18(24-13-23-17)11-15(14)12-20/h1-5,10-11H,6-9,12-13H2. The fourth-order valence-electron chi connectivity index (χ4n) is 3.09. The van der Waals surface area contributed by atoms with Crippen LogP contribution in [-0.2, 0) is 17.8 Å². The van der Waals surface area contributed by atoms with E-state index in [1.54, 1.807) is 0 Å². The highest BCUT2D eigenvalue weighted by Gasteiger charge is 2.24. The monoisotopic (exact) mass is 325 g/mol. The minimum atomic E-state index is 0.120. The maximum absolute atomic E-state index is 12.4. The lowest BCUT2D eigenvalue weighted by molar-refractivity contribution is -0.132. The van der Waals surface area contributed by atoms with Crippen molar-refractivity contribution in [3.8, 4) is 17.2 Å². The molecule has 24 heavy (non-hydrogen) atoms. The summed E-state index contributed by atoms with van der Waals surface area (Å²) >= 11 is 0. The largest absolute Gasteiger partial charge is 0.493 e. The number of carbonyl (C=O) groups excluding carboxylic acids is 1. The number of carbonyl (C=O) groups is 1. The lowest BCUT2D eigenvalue weighted by atomic mass is 9.98. The molecule has 0 fully saturated rings.